The minimum Gasteiger partial charge on any atom is -0.208 e. The molecule has 0 N–H and O–H groups in total. The average Bonchev–Trinajstić information content (AvgIpc) is 3.96. The zero-order valence-corrected chi connectivity index (χ0v) is 37.7. The van der Waals surface area contributed by atoms with Gasteiger partial charge in [-0.2, -0.15) is 0 Å². The van der Waals surface area contributed by atoms with Crippen molar-refractivity contribution in [1.82, 2.24) is 15.0 Å². The van der Waals surface area contributed by atoms with E-state index in [2.05, 4.69) is 243 Å². The summed E-state index contributed by atoms with van der Waals surface area (Å²) >= 11 is 1.86. The number of hydrogen-bond acceptors (Lipinski definition) is 4. The first kappa shape index (κ1) is 39.8. The molecule has 10 aromatic carbocycles. The largest absolute Gasteiger partial charge is 0.208 e. The summed E-state index contributed by atoms with van der Waals surface area (Å²) in [6, 6.07) is 89.3. The average molecular weight is 884 g/mol. The first-order valence-electron chi connectivity index (χ1n) is 23.1. The normalized spacial score (nSPS) is 12.5. The maximum absolute atomic E-state index is 5.39. The first-order valence-corrected chi connectivity index (χ1v) is 23.9. The fourth-order valence-electron chi connectivity index (χ4n) is 10.5. The Morgan fingerprint density at radius 3 is 1.46 bits per heavy atom. The van der Waals surface area contributed by atoms with Crippen molar-refractivity contribution >= 4 is 31.5 Å². The molecular formula is C64H41N3S. The summed E-state index contributed by atoms with van der Waals surface area (Å²) in [5.41, 5.74) is 16.5. The smallest absolute Gasteiger partial charge is 0.164 e. The quantitative estimate of drug-likeness (QED) is 0.153. The van der Waals surface area contributed by atoms with Crippen LogP contribution in [0.2, 0.25) is 0 Å². The summed E-state index contributed by atoms with van der Waals surface area (Å²) in [5, 5.41) is 2.61. The molecule has 0 spiro atoms. The number of nitrogens with zero attached hydrogens (tertiary/aromatic N) is 3. The van der Waals surface area contributed by atoms with Crippen molar-refractivity contribution in [1.29, 1.82) is 0 Å². The van der Waals surface area contributed by atoms with Crippen molar-refractivity contribution in [2.75, 3.05) is 0 Å². The summed E-state index contributed by atoms with van der Waals surface area (Å²) in [5.74, 6) is 1.88. The molecular weight excluding hydrogens is 843 g/mol. The maximum Gasteiger partial charge on any atom is 0.164 e. The molecule has 4 heteroatoms. The van der Waals surface area contributed by atoms with Crippen molar-refractivity contribution < 1.29 is 0 Å². The Kier molecular flexibility index (Phi) is 9.59. The summed E-state index contributed by atoms with van der Waals surface area (Å²) in [7, 11) is 0. The Bertz CT molecular complexity index is 3780. The lowest BCUT2D eigenvalue weighted by atomic mass is 9.67. The number of thiophene rings is 1. The van der Waals surface area contributed by atoms with Crippen LogP contribution in [0.25, 0.3) is 98.8 Å². The third-order valence-corrected chi connectivity index (χ3v) is 14.9. The van der Waals surface area contributed by atoms with Crippen LogP contribution in [0.15, 0.2) is 249 Å². The molecule has 0 fully saturated rings. The van der Waals surface area contributed by atoms with E-state index in [0.29, 0.717) is 17.5 Å². The molecule has 0 atom stereocenters. The van der Waals surface area contributed by atoms with Crippen molar-refractivity contribution in [2.24, 2.45) is 0 Å². The van der Waals surface area contributed by atoms with Crippen molar-refractivity contribution in [3.05, 3.63) is 271 Å². The van der Waals surface area contributed by atoms with Crippen LogP contribution >= 0.6 is 11.3 Å². The highest BCUT2D eigenvalue weighted by atomic mass is 32.1. The Hall–Kier alpha value is -8.57. The second-order valence-electron chi connectivity index (χ2n) is 17.4. The van der Waals surface area contributed by atoms with E-state index >= 15 is 0 Å². The van der Waals surface area contributed by atoms with Gasteiger partial charge in [0.15, 0.2) is 17.5 Å². The number of rotatable bonds is 8. The molecule has 1 aliphatic carbocycles. The van der Waals surface area contributed by atoms with Crippen LogP contribution in [0, 0.1) is 0 Å². The van der Waals surface area contributed by atoms with Crippen LogP contribution in [0.5, 0.6) is 0 Å². The van der Waals surface area contributed by atoms with Gasteiger partial charge in [0.25, 0.3) is 0 Å². The summed E-state index contributed by atoms with van der Waals surface area (Å²) in [4.78, 5) is 16.0. The molecule has 12 aromatic rings. The minimum absolute atomic E-state index is 0.548. The van der Waals surface area contributed by atoms with E-state index in [9.17, 15) is 0 Å². The number of fused-ring (bicyclic) bond motifs is 6. The molecule has 0 radical (unpaired) electrons. The van der Waals surface area contributed by atoms with E-state index in [1.54, 1.807) is 0 Å². The van der Waals surface area contributed by atoms with E-state index in [1.807, 2.05) is 17.4 Å². The topological polar surface area (TPSA) is 38.7 Å². The van der Waals surface area contributed by atoms with Gasteiger partial charge in [0.2, 0.25) is 0 Å². The second-order valence-corrected chi connectivity index (χ2v) is 18.5. The molecule has 0 unspecified atom stereocenters. The lowest BCUT2D eigenvalue weighted by molar-refractivity contribution is 0.768. The van der Waals surface area contributed by atoms with Gasteiger partial charge >= 0.3 is 0 Å². The molecule has 2 heterocycles. The van der Waals surface area contributed by atoms with Crippen LogP contribution in [0.1, 0.15) is 22.3 Å². The Morgan fingerprint density at radius 2 is 0.750 bits per heavy atom. The van der Waals surface area contributed by atoms with Gasteiger partial charge in [-0.25, -0.2) is 15.0 Å². The van der Waals surface area contributed by atoms with Gasteiger partial charge in [-0.05, 0) is 78.9 Å². The predicted molar refractivity (Wildman–Crippen MR) is 283 cm³/mol. The second kappa shape index (κ2) is 16.4. The third-order valence-electron chi connectivity index (χ3n) is 13.7. The van der Waals surface area contributed by atoms with Gasteiger partial charge < -0.3 is 0 Å². The Labute approximate surface area is 399 Å². The highest BCUT2D eigenvalue weighted by molar-refractivity contribution is 7.26. The number of aromatic nitrogens is 3. The summed E-state index contributed by atoms with van der Waals surface area (Å²) < 4.78 is 2.63. The zero-order valence-electron chi connectivity index (χ0n) is 36.9. The minimum atomic E-state index is -0.548. The Balaban J connectivity index is 0.952. The van der Waals surface area contributed by atoms with Crippen LogP contribution in [-0.4, -0.2) is 15.0 Å². The van der Waals surface area contributed by atoms with Gasteiger partial charge in [-0.15, -0.1) is 11.3 Å². The standard InChI is InChI=1S/C64H41N3S/c1-4-17-42(18-5-1)43-33-37-45(38-34-43)61-65-62(46-39-35-44(36-40-46)47-19-14-20-48(41-47)51-27-15-28-53-52-25-11-13-32-58(52)68-60(51)53)67-63(66-61)55-29-16-31-57-59(55)54-26-10-12-30-56(54)64(57,49-21-6-2-7-22-49)50-23-8-3-9-24-50/h1-41H. The summed E-state index contributed by atoms with van der Waals surface area (Å²) in [6.07, 6.45) is 0. The lowest BCUT2D eigenvalue weighted by Gasteiger charge is -2.33. The van der Waals surface area contributed by atoms with Crippen LogP contribution in [0.3, 0.4) is 0 Å². The molecule has 0 aliphatic heterocycles. The van der Waals surface area contributed by atoms with Gasteiger partial charge in [-0.1, -0.05) is 237 Å². The SMILES string of the molecule is c1ccc(-c2ccc(-c3nc(-c4ccc(-c5cccc(-c6cccc7c6sc6ccccc67)c5)cc4)nc(-c4cccc5c4-c4ccccc4C5(c4ccccc4)c4ccccc4)n3)cc2)cc1. The molecule has 3 nitrogen and oxygen atoms in total. The van der Waals surface area contributed by atoms with Gasteiger partial charge in [0, 0.05) is 36.9 Å². The van der Waals surface area contributed by atoms with Crippen molar-refractivity contribution in [2.45, 2.75) is 5.41 Å². The van der Waals surface area contributed by atoms with Crippen LogP contribution in [-0.2, 0) is 5.41 Å². The predicted octanol–water partition coefficient (Wildman–Crippen LogP) is 16.6. The molecule has 0 amide bonds. The Morgan fingerprint density at radius 1 is 0.294 bits per heavy atom. The third kappa shape index (κ3) is 6.52. The fourth-order valence-corrected chi connectivity index (χ4v) is 11.8. The molecule has 1 aliphatic rings. The highest BCUT2D eigenvalue weighted by Crippen LogP contribution is 2.58. The molecule has 0 saturated heterocycles. The van der Waals surface area contributed by atoms with Gasteiger partial charge in [0.05, 0.1) is 5.41 Å². The molecule has 0 bridgehead atoms. The van der Waals surface area contributed by atoms with Gasteiger partial charge in [-0.3, -0.25) is 0 Å². The summed E-state index contributed by atoms with van der Waals surface area (Å²) in [6.45, 7) is 0. The van der Waals surface area contributed by atoms with E-state index in [0.717, 1.165) is 44.5 Å². The molecule has 318 valence electrons. The highest BCUT2D eigenvalue weighted by Gasteiger charge is 2.47. The van der Waals surface area contributed by atoms with E-state index < -0.39 is 5.41 Å². The van der Waals surface area contributed by atoms with E-state index in [-0.39, 0.29) is 0 Å². The monoisotopic (exact) mass is 883 g/mol. The number of hydrogen-bond donors (Lipinski definition) is 0. The lowest BCUT2D eigenvalue weighted by Crippen LogP contribution is -2.28. The van der Waals surface area contributed by atoms with Crippen molar-refractivity contribution in [3.63, 3.8) is 0 Å². The van der Waals surface area contributed by atoms with Crippen LogP contribution < -0.4 is 0 Å². The molecule has 2 aromatic heterocycles. The molecule has 13 rings (SSSR count). The van der Waals surface area contributed by atoms with Gasteiger partial charge in [0.1, 0.15) is 0 Å². The van der Waals surface area contributed by atoms with Crippen molar-refractivity contribution in [3.8, 4) is 78.7 Å². The number of benzene rings is 10. The zero-order chi connectivity index (χ0) is 45.0. The molecule has 68 heavy (non-hydrogen) atoms. The first-order chi connectivity index (χ1) is 33.7. The van der Waals surface area contributed by atoms with E-state index in [1.165, 1.54) is 59.1 Å². The van der Waals surface area contributed by atoms with Crippen LogP contribution in [0.4, 0.5) is 0 Å². The van der Waals surface area contributed by atoms with E-state index in [4.69, 9.17) is 15.0 Å². The maximum atomic E-state index is 5.39. The fraction of sp³-hybridized carbons (Fsp3) is 0.0156. The molecule has 0 saturated carbocycles.